The molecule has 6 nitrogen and oxygen atoms in total. The average molecular weight is 436 g/mol. The van der Waals surface area contributed by atoms with Crippen molar-refractivity contribution in [1.29, 1.82) is 0 Å². The molecule has 1 atom stereocenters. The Kier molecular flexibility index (Phi) is 6.40. The molecule has 170 valence electrons. The van der Waals surface area contributed by atoms with Gasteiger partial charge in [-0.1, -0.05) is 42.0 Å². The van der Waals surface area contributed by atoms with Gasteiger partial charge in [0.1, 0.15) is 5.60 Å². The fourth-order valence-electron chi connectivity index (χ4n) is 4.08. The highest BCUT2D eigenvalue weighted by molar-refractivity contribution is 5.76. The van der Waals surface area contributed by atoms with Crippen LogP contribution in [0.4, 0.5) is 4.79 Å². The smallest absolute Gasteiger partial charge is 0.410 e. The standard InChI is InChI=1S/C26H33N3O3/c1-19-11-13-20(14-12-19)17-29-23-10-6-5-9-22(23)27-24(29)31-18-21-8-7-15-28(16-21)25(30)32-26(2,3)4/h5-6,9-14,21H,7-8,15-18H2,1-4H3/t21-/m0/s1. The molecule has 6 heteroatoms. The highest BCUT2D eigenvalue weighted by atomic mass is 16.6. The van der Waals surface area contributed by atoms with E-state index in [4.69, 9.17) is 14.5 Å². The molecular weight excluding hydrogens is 402 g/mol. The van der Waals surface area contributed by atoms with Crippen molar-refractivity contribution in [2.24, 2.45) is 5.92 Å². The first-order chi connectivity index (χ1) is 15.3. The highest BCUT2D eigenvalue weighted by Crippen LogP contribution is 2.25. The summed E-state index contributed by atoms with van der Waals surface area (Å²) in [6.45, 7) is 10.4. The summed E-state index contributed by atoms with van der Waals surface area (Å²) in [6.07, 6.45) is 1.73. The lowest BCUT2D eigenvalue weighted by Crippen LogP contribution is -2.44. The molecule has 0 unspecified atom stereocenters. The average Bonchev–Trinajstić information content (AvgIpc) is 3.10. The monoisotopic (exact) mass is 435 g/mol. The lowest BCUT2D eigenvalue weighted by molar-refractivity contribution is 0.0136. The molecule has 1 fully saturated rings. The molecule has 0 bridgehead atoms. The van der Waals surface area contributed by atoms with Gasteiger partial charge in [-0.25, -0.2) is 4.79 Å². The third-order valence-electron chi connectivity index (χ3n) is 5.70. The first kappa shape index (κ1) is 22.2. The lowest BCUT2D eigenvalue weighted by Gasteiger charge is -2.33. The molecule has 1 amide bonds. The number of imidazole rings is 1. The molecule has 2 aromatic carbocycles. The minimum Gasteiger partial charge on any atom is -0.464 e. The van der Waals surface area contributed by atoms with Crippen LogP contribution in [0.1, 0.15) is 44.7 Å². The van der Waals surface area contributed by atoms with Crippen molar-refractivity contribution in [1.82, 2.24) is 14.5 Å². The summed E-state index contributed by atoms with van der Waals surface area (Å²) in [4.78, 5) is 19.0. The minimum atomic E-state index is -0.485. The summed E-state index contributed by atoms with van der Waals surface area (Å²) < 4.78 is 13.9. The number of aryl methyl sites for hydroxylation is 1. The van der Waals surface area contributed by atoms with E-state index in [9.17, 15) is 4.79 Å². The van der Waals surface area contributed by atoms with Crippen molar-refractivity contribution in [2.75, 3.05) is 19.7 Å². The van der Waals surface area contributed by atoms with Crippen molar-refractivity contribution in [3.63, 3.8) is 0 Å². The number of amides is 1. The molecule has 0 N–H and O–H groups in total. The molecule has 2 heterocycles. The van der Waals surface area contributed by atoms with Crippen molar-refractivity contribution in [3.05, 3.63) is 59.7 Å². The Bertz CT molecular complexity index is 1070. The summed E-state index contributed by atoms with van der Waals surface area (Å²) >= 11 is 0. The summed E-state index contributed by atoms with van der Waals surface area (Å²) in [7, 11) is 0. The van der Waals surface area contributed by atoms with Crippen LogP contribution in [-0.4, -0.2) is 45.8 Å². The SMILES string of the molecule is Cc1ccc(Cn2c(OC[C@H]3CCCN(C(=O)OC(C)(C)C)C3)nc3ccccc32)cc1. The van der Waals surface area contributed by atoms with Crippen LogP contribution in [0.15, 0.2) is 48.5 Å². The Balaban J connectivity index is 1.47. The molecule has 32 heavy (non-hydrogen) atoms. The number of piperidine rings is 1. The van der Waals surface area contributed by atoms with E-state index in [-0.39, 0.29) is 12.0 Å². The molecule has 0 saturated carbocycles. The van der Waals surface area contributed by atoms with E-state index in [1.807, 2.05) is 39.0 Å². The van der Waals surface area contributed by atoms with Crippen LogP contribution in [0.3, 0.4) is 0 Å². The number of ether oxygens (including phenoxy) is 2. The van der Waals surface area contributed by atoms with Gasteiger partial charge in [0, 0.05) is 19.0 Å². The molecule has 4 rings (SSSR count). The molecule has 1 aromatic heterocycles. The Labute approximate surface area is 190 Å². The number of hydrogen-bond acceptors (Lipinski definition) is 4. The van der Waals surface area contributed by atoms with Crippen LogP contribution in [0, 0.1) is 12.8 Å². The van der Waals surface area contributed by atoms with Gasteiger partial charge in [0.05, 0.1) is 24.2 Å². The third-order valence-corrected chi connectivity index (χ3v) is 5.70. The molecule has 3 aromatic rings. The summed E-state index contributed by atoms with van der Waals surface area (Å²) in [5, 5.41) is 0. The normalized spacial score (nSPS) is 16.9. The third kappa shape index (κ3) is 5.42. The Morgan fingerprint density at radius 2 is 1.88 bits per heavy atom. The number of fused-ring (bicyclic) bond motifs is 1. The number of carbonyl (C=O) groups is 1. The molecule has 0 radical (unpaired) electrons. The van der Waals surface area contributed by atoms with Crippen LogP contribution in [0.25, 0.3) is 11.0 Å². The lowest BCUT2D eigenvalue weighted by atomic mass is 9.99. The van der Waals surface area contributed by atoms with Gasteiger partial charge in [-0.05, 0) is 58.2 Å². The van der Waals surface area contributed by atoms with E-state index in [2.05, 4.69) is 41.8 Å². The van der Waals surface area contributed by atoms with Gasteiger partial charge in [-0.3, -0.25) is 4.57 Å². The fraction of sp³-hybridized carbons (Fsp3) is 0.462. The van der Waals surface area contributed by atoms with Crippen molar-refractivity contribution in [3.8, 4) is 6.01 Å². The molecule has 0 spiro atoms. The zero-order valence-electron chi connectivity index (χ0n) is 19.5. The maximum Gasteiger partial charge on any atom is 0.410 e. The topological polar surface area (TPSA) is 56.6 Å². The Morgan fingerprint density at radius 1 is 1.12 bits per heavy atom. The van der Waals surface area contributed by atoms with Gasteiger partial charge >= 0.3 is 6.09 Å². The van der Waals surface area contributed by atoms with Gasteiger partial charge in [0.15, 0.2) is 0 Å². The van der Waals surface area contributed by atoms with Crippen molar-refractivity contribution in [2.45, 2.75) is 52.7 Å². The van der Waals surface area contributed by atoms with Crippen LogP contribution in [-0.2, 0) is 11.3 Å². The maximum atomic E-state index is 12.5. The fourth-order valence-corrected chi connectivity index (χ4v) is 4.08. The van der Waals surface area contributed by atoms with Gasteiger partial charge in [-0.15, -0.1) is 0 Å². The first-order valence-electron chi connectivity index (χ1n) is 11.4. The predicted octanol–water partition coefficient (Wildman–Crippen LogP) is 5.42. The van der Waals surface area contributed by atoms with Crippen molar-refractivity contribution < 1.29 is 14.3 Å². The van der Waals surface area contributed by atoms with Gasteiger partial charge in [0.2, 0.25) is 0 Å². The molecule has 1 saturated heterocycles. The van der Waals surface area contributed by atoms with Gasteiger partial charge in [0.25, 0.3) is 6.01 Å². The van der Waals surface area contributed by atoms with Crippen LogP contribution >= 0.6 is 0 Å². The summed E-state index contributed by atoms with van der Waals surface area (Å²) in [5.41, 5.74) is 3.95. The van der Waals surface area contributed by atoms with E-state index in [0.29, 0.717) is 25.7 Å². The van der Waals surface area contributed by atoms with Crippen molar-refractivity contribution >= 4 is 17.1 Å². The molecule has 1 aliphatic rings. The molecule has 1 aliphatic heterocycles. The van der Waals surface area contributed by atoms with Crippen LogP contribution < -0.4 is 4.74 Å². The number of rotatable bonds is 5. The van der Waals surface area contributed by atoms with Gasteiger partial charge < -0.3 is 14.4 Å². The van der Waals surface area contributed by atoms with E-state index in [1.165, 1.54) is 11.1 Å². The number of benzene rings is 2. The van der Waals surface area contributed by atoms with E-state index >= 15 is 0 Å². The Morgan fingerprint density at radius 3 is 2.62 bits per heavy atom. The van der Waals surface area contributed by atoms with Crippen LogP contribution in [0.5, 0.6) is 6.01 Å². The molecular formula is C26H33N3O3. The summed E-state index contributed by atoms with van der Waals surface area (Å²) in [6, 6.07) is 17.3. The number of hydrogen-bond donors (Lipinski definition) is 0. The second-order valence-electron chi connectivity index (χ2n) is 9.70. The zero-order valence-corrected chi connectivity index (χ0v) is 19.5. The number of aromatic nitrogens is 2. The van der Waals surface area contributed by atoms with Gasteiger partial charge in [-0.2, -0.15) is 4.98 Å². The van der Waals surface area contributed by atoms with E-state index in [0.717, 1.165) is 30.4 Å². The number of carbonyl (C=O) groups excluding carboxylic acids is 1. The van der Waals surface area contributed by atoms with E-state index < -0.39 is 5.60 Å². The van der Waals surface area contributed by atoms with Crippen LogP contribution in [0.2, 0.25) is 0 Å². The number of likely N-dealkylation sites (tertiary alicyclic amines) is 1. The first-order valence-corrected chi connectivity index (χ1v) is 11.4. The summed E-state index contributed by atoms with van der Waals surface area (Å²) in [5.74, 6) is 0.254. The maximum absolute atomic E-state index is 12.5. The van der Waals surface area contributed by atoms with E-state index in [1.54, 1.807) is 4.90 Å². The zero-order chi connectivity index (χ0) is 22.7. The predicted molar refractivity (Wildman–Crippen MR) is 126 cm³/mol. The number of nitrogens with zero attached hydrogens (tertiary/aromatic N) is 3. The molecule has 0 aliphatic carbocycles. The number of para-hydroxylation sites is 2. The Hall–Kier alpha value is -3.02. The highest BCUT2D eigenvalue weighted by Gasteiger charge is 2.28. The second kappa shape index (κ2) is 9.23. The quantitative estimate of drug-likeness (QED) is 0.537. The second-order valence-corrected chi connectivity index (χ2v) is 9.70. The largest absolute Gasteiger partial charge is 0.464 e. The minimum absolute atomic E-state index is 0.242.